The molecular formula is C20H16Cl2N2O4. The van der Waals surface area contributed by atoms with Gasteiger partial charge in [0, 0.05) is 5.02 Å². The van der Waals surface area contributed by atoms with Gasteiger partial charge in [0.1, 0.15) is 0 Å². The summed E-state index contributed by atoms with van der Waals surface area (Å²) >= 11 is 12.5. The number of rotatable bonds is 3. The lowest BCUT2D eigenvalue weighted by molar-refractivity contribution is -0.165. The van der Waals surface area contributed by atoms with Crippen molar-refractivity contribution < 1.29 is 19.2 Å². The highest BCUT2D eigenvalue weighted by atomic mass is 35.5. The summed E-state index contributed by atoms with van der Waals surface area (Å²) in [4.78, 5) is 44.2. The van der Waals surface area contributed by atoms with E-state index >= 15 is 0 Å². The van der Waals surface area contributed by atoms with Gasteiger partial charge in [-0.1, -0.05) is 35.3 Å². The molecule has 8 heteroatoms. The van der Waals surface area contributed by atoms with Crippen molar-refractivity contribution in [3.05, 3.63) is 63.1 Å². The zero-order valence-corrected chi connectivity index (χ0v) is 16.7. The molecule has 2 aromatic carbocycles. The van der Waals surface area contributed by atoms with Gasteiger partial charge in [0.05, 0.1) is 40.4 Å². The summed E-state index contributed by atoms with van der Waals surface area (Å²) in [6.45, 7) is 4.10. The molecule has 0 bridgehead atoms. The Bertz CT molecular complexity index is 1030. The van der Waals surface area contributed by atoms with E-state index in [4.69, 9.17) is 28.0 Å². The monoisotopic (exact) mass is 418 g/mol. The normalized spacial score (nSPS) is 18.2. The lowest BCUT2D eigenvalue weighted by atomic mass is 9.95. The predicted molar refractivity (Wildman–Crippen MR) is 104 cm³/mol. The number of carbonyl (C=O) groups excluding carboxylic acids is 3. The number of amides is 3. The first-order chi connectivity index (χ1) is 13.2. The number of anilines is 1. The van der Waals surface area contributed by atoms with E-state index in [0.29, 0.717) is 22.9 Å². The van der Waals surface area contributed by atoms with Gasteiger partial charge in [-0.3, -0.25) is 19.2 Å². The third-order valence-corrected chi connectivity index (χ3v) is 5.53. The molecule has 2 aromatic rings. The van der Waals surface area contributed by atoms with Gasteiger partial charge in [0.25, 0.3) is 17.7 Å². The van der Waals surface area contributed by atoms with E-state index in [0.717, 1.165) is 4.90 Å². The van der Waals surface area contributed by atoms with E-state index in [2.05, 4.69) is 0 Å². The Morgan fingerprint density at radius 2 is 1.79 bits per heavy atom. The van der Waals surface area contributed by atoms with Crippen LogP contribution in [0.4, 0.5) is 5.69 Å². The number of carbonyl (C=O) groups is 3. The molecule has 0 atom stereocenters. The Hall–Kier alpha value is -2.41. The third kappa shape index (κ3) is 2.89. The van der Waals surface area contributed by atoms with Crippen molar-refractivity contribution >= 4 is 46.6 Å². The predicted octanol–water partition coefficient (Wildman–Crippen LogP) is 4.09. The highest BCUT2D eigenvalue weighted by Crippen LogP contribution is 2.35. The topological polar surface area (TPSA) is 66.9 Å². The molecule has 0 aromatic heterocycles. The number of hydroxylamine groups is 2. The smallest absolute Gasteiger partial charge is 0.267 e. The molecule has 0 aliphatic carbocycles. The van der Waals surface area contributed by atoms with Crippen molar-refractivity contribution in [3.63, 3.8) is 0 Å². The zero-order chi connectivity index (χ0) is 20.2. The fraction of sp³-hybridized carbons (Fsp3) is 0.250. The Labute approximate surface area is 171 Å². The van der Waals surface area contributed by atoms with E-state index in [-0.39, 0.29) is 28.6 Å². The number of halogens is 2. The second-order valence-electron chi connectivity index (χ2n) is 7.38. The molecule has 0 spiro atoms. The first-order valence-electron chi connectivity index (χ1n) is 8.61. The average molecular weight is 419 g/mol. The van der Waals surface area contributed by atoms with Crippen LogP contribution in [0.5, 0.6) is 0 Å². The largest absolute Gasteiger partial charge is 0.272 e. The molecule has 4 rings (SSSR count). The molecule has 28 heavy (non-hydrogen) atoms. The second kappa shape index (κ2) is 6.58. The van der Waals surface area contributed by atoms with E-state index in [1.165, 1.54) is 11.1 Å². The number of nitrogens with zero attached hydrogens (tertiary/aromatic N) is 2. The molecule has 2 aliphatic heterocycles. The summed E-state index contributed by atoms with van der Waals surface area (Å²) in [6, 6.07) is 9.57. The van der Waals surface area contributed by atoms with Crippen molar-refractivity contribution in [2.45, 2.75) is 20.4 Å². The minimum atomic E-state index is -0.578. The van der Waals surface area contributed by atoms with Crippen LogP contribution in [-0.2, 0) is 16.2 Å². The van der Waals surface area contributed by atoms with Gasteiger partial charge in [-0.25, -0.2) is 9.96 Å². The molecule has 1 fully saturated rings. The lowest BCUT2D eigenvalue weighted by Crippen LogP contribution is -2.31. The van der Waals surface area contributed by atoms with Crippen LogP contribution in [0.15, 0.2) is 36.4 Å². The second-order valence-corrected chi connectivity index (χ2v) is 8.20. The van der Waals surface area contributed by atoms with Crippen molar-refractivity contribution in [3.8, 4) is 0 Å². The summed E-state index contributed by atoms with van der Waals surface area (Å²) in [6.07, 6.45) is 0. The van der Waals surface area contributed by atoms with Crippen LogP contribution < -0.4 is 4.90 Å². The molecule has 144 valence electrons. The molecule has 6 nitrogen and oxygen atoms in total. The summed E-state index contributed by atoms with van der Waals surface area (Å²) in [5, 5.41) is 1.83. The van der Waals surface area contributed by atoms with Gasteiger partial charge in [-0.05, 0) is 43.7 Å². The van der Waals surface area contributed by atoms with E-state index in [1.54, 1.807) is 30.3 Å². The fourth-order valence-electron chi connectivity index (χ4n) is 3.25. The Balaban J connectivity index is 1.61. The van der Waals surface area contributed by atoms with E-state index in [9.17, 15) is 14.4 Å². The number of benzene rings is 2. The number of hydrogen-bond acceptors (Lipinski definition) is 4. The highest BCUT2D eigenvalue weighted by Gasteiger charge is 2.41. The third-order valence-electron chi connectivity index (χ3n) is 4.86. The quantitative estimate of drug-likeness (QED) is 0.703. The van der Waals surface area contributed by atoms with Crippen LogP contribution in [0.3, 0.4) is 0 Å². The maximum atomic E-state index is 12.7. The summed E-state index contributed by atoms with van der Waals surface area (Å²) in [5.41, 5.74) is 0.853. The van der Waals surface area contributed by atoms with E-state index < -0.39 is 17.2 Å². The Morgan fingerprint density at radius 3 is 2.39 bits per heavy atom. The molecule has 3 amide bonds. The van der Waals surface area contributed by atoms with Gasteiger partial charge in [-0.15, -0.1) is 0 Å². The lowest BCUT2D eigenvalue weighted by Gasteiger charge is -2.19. The van der Waals surface area contributed by atoms with Crippen LogP contribution in [0.2, 0.25) is 10.0 Å². The fourth-order valence-corrected chi connectivity index (χ4v) is 3.74. The van der Waals surface area contributed by atoms with Crippen molar-refractivity contribution in [2.24, 2.45) is 5.41 Å². The molecule has 2 heterocycles. The number of hydrogen-bond donors (Lipinski definition) is 0. The van der Waals surface area contributed by atoms with Gasteiger partial charge in [-0.2, -0.15) is 0 Å². The summed E-state index contributed by atoms with van der Waals surface area (Å²) in [7, 11) is 0. The SMILES string of the molecule is CC1(C)CON(Cc2ccc(N3C(=O)c4cccc(Cl)c4C3=O)cc2Cl)C1=O. The maximum absolute atomic E-state index is 12.7. The van der Waals surface area contributed by atoms with Crippen molar-refractivity contribution in [2.75, 3.05) is 11.5 Å². The summed E-state index contributed by atoms with van der Waals surface area (Å²) < 4.78 is 0. The molecular weight excluding hydrogens is 403 g/mol. The molecule has 2 aliphatic rings. The van der Waals surface area contributed by atoms with Crippen LogP contribution in [0.1, 0.15) is 40.1 Å². The van der Waals surface area contributed by atoms with Crippen LogP contribution in [0, 0.1) is 5.41 Å². The molecule has 0 saturated carbocycles. The van der Waals surface area contributed by atoms with Crippen LogP contribution in [-0.4, -0.2) is 29.4 Å². The minimum Gasteiger partial charge on any atom is -0.272 e. The number of fused-ring (bicyclic) bond motifs is 1. The molecule has 0 unspecified atom stereocenters. The number of imide groups is 1. The molecule has 0 radical (unpaired) electrons. The van der Waals surface area contributed by atoms with Crippen molar-refractivity contribution in [1.82, 2.24) is 5.06 Å². The van der Waals surface area contributed by atoms with Crippen LogP contribution >= 0.6 is 23.2 Å². The zero-order valence-electron chi connectivity index (χ0n) is 15.2. The Kier molecular flexibility index (Phi) is 4.45. The summed E-state index contributed by atoms with van der Waals surface area (Å²) in [5.74, 6) is -1.07. The van der Waals surface area contributed by atoms with Gasteiger partial charge in [0.15, 0.2) is 0 Å². The minimum absolute atomic E-state index is 0.123. The molecule has 1 saturated heterocycles. The average Bonchev–Trinajstić information content (AvgIpc) is 3.05. The van der Waals surface area contributed by atoms with Gasteiger partial charge >= 0.3 is 0 Å². The van der Waals surface area contributed by atoms with Gasteiger partial charge in [0.2, 0.25) is 0 Å². The maximum Gasteiger partial charge on any atom is 0.267 e. The molecule has 0 N–H and O–H groups in total. The van der Waals surface area contributed by atoms with E-state index in [1.807, 2.05) is 13.8 Å². The van der Waals surface area contributed by atoms with Gasteiger partial charge < -0.3 is 0 Å². The van der Waals surface area contributed by atoms with Crippen molar-refractivity contribution in [1.29, 1.82) is 0 Å². The van der Waals surface area contributed by atoms with Crippen LogP contribution in [0.25, 0.3) is 0 Å². The first-order valence-corrected chi connectivity index (χ1v) is 9.37. The highest BCUT2D eigenvalue weighted by molar-refractivity contribution is 6.42. The Morgan fingerprint density at radius 1 is 1.04 bits per heavy atom. The standard InChI is InChI=1S/C20H16Cl2N2O4/c1-20(2)10-28-23(19(20)27)9-11-6-7-12(8-15(11)22)24-17(25)13-4-3-5-14(21)16(13)18(24)26/h3-8H,9-10H2,1-2H3. The first kappa shape index (κ1) is 18.9.